The monoisotopic (exact) mass is 340 g/mol. The molecule has 2 aromatic rings. The number of anilines is 1. The van der Waals surface area contributed by atoms with E-state index in [0.29, 0.717) is 33.9 Å². The van der Waals surface area contributed by atoms with Crippen LogP contribution in [-0.4, -0.2) is 31.5 Å². The number of nitrogens with one attached hydrogen (secondary N) is 1. The zero-order valence-corrected chi connectivity index (χ0v) is 13.7. The number of ketones is 1. The average Bonchev–Trinajstić information content (AvgIpc) is 2.63. The lowest BCUT2D eigenvalue weighted by Crippen LogP contribution is -2.19. The SMILES string of the molecule is CNc1ccc(C=C2COc3ccc(OC)cc3C2=O)cc1[N+](=O)[O-]. The molecule has 7 nitrogen and oxygen atoms in total. The van der Waals surface area contributed by atoms with E-state index in [0.717, 1.165) is 0 Å². The van der Waals surface area contributed by atoms with E-state index < -0.39 is 4.92 Å². The predicted octanol–water partition coefficient (Wildman–Crippen LogP) is 3.30. The van der Waals surface area contributed by atoms with Gasteiger partial charge in [0.1, 0.15) is 23.8 Å². The van der Waals surface area contributed by atoms with Gasteiger partial charge >= 0.3 is 0 Å². The summed E-state index contributed by atoms with van der Waals surface area (Å²) in [4.78, 5) is 23.4. The van der Waals surface area contributed by atoms with Gasteiger partial charge in [0.05, 0.1) is 17.6 Å². The summed E-state index contributed by atoms with van der Waals surface area (Å²) in [6.07, 6.45) is 1.61. The van der Waals surface area contributed by atoms with E-state index in [4.69, 9.17) is 9.47 Å². The molecule has 0 unspecified atom stereocenters. The fourth-order valence-electron chi connectivity index (χ4n) is 2.64. The van der Waals surface area contributed by atoms with Crippen molar-refractivity contribution >= 4 is 23.2 Å². The molecule has 2 aromatic carbocycles. The van der Waals surface area contributed by atoms with E-state index in [-0.39, 0.29) is 18.1 Å². The highest BCUT2D eigenvalue weighted by molar-refractivity contribution is 6.14. The third kappa shape index (κ3) is 3.16. The maximum atomic E-state index is 12.7. The summed E-state index contributed by atoms with van der Waals surface area (Å²) < 4.78 is 10.8. The molecule has 0 amide bonds. The average molecular weight is 340 g/mol. The lowest BCUT2D eigenvalue weighted by molar-refractivity contribution is -0.383. The lowest BCUT2D eigenvalue weighted by Gasteiger charge is -2.19. The highest BCUT2D eigenvalue weighted by Crippen LogP contribution is 2.32. The third-order valence-electron chi connectivity index (χ3n) is 3.93. The summed E-state index contributed by atoms with van der Waals surface area (Å²) in [5, 5.41) is 13.9. The van der Waals surface area contributed by atoms with Crippen LogP contribution in [0.3, 0.4) is 0 Å². The first-order chi connectivity index (χ1) is 12.0. The second-order valence-corrected chi connectivity index (χ2v) is 5.43. The molecule has 7 heteroatoms. The van der Waals surface area contributed by atoms with Crippen LogP contribution in [0.25, 0.3) is 6.08 Å². The largest absolute Gasteiger partial charge is 0.497 e. The second-order valence-electron chi connectivity index (χ2n) is 5.43. The number of Topliss-reactive ketones (excluding diaryl/α,β-unsaturated/α-hetero) is 1. The summed E-state index contributed by atoms with van der Waals surface area (Å²) in [5.74, 6) is 0.880. The Morgan fingerprint density at radius 1 is 1.28 bits per heavy atom. The van der Waals surface area contributed by atoms with Crippen molar-refractivity contribution < 1.29 is 19.2 Å². The fourth-order valence-corrected chi connectivity index (χ4v) is 2.64. The molecule has 0 aromatic heterocycles. The van der Waals surface area contributed by atoms with Crippen molar-refractivity contribution in [3.05, 3.63) is 63.2 Å². The van der Waals surface area contributed by atoms with Gasteiger partial charge in [0.15, 0.2) is 5.78 Å². The number of benzene rings is 2. The molecule has 1 aliphatic heterocycles. The summed E-state index contributed by atoms with van der Waals surface area (Å²) in [6, 6.07) is 9.77. The molecule has 0 radical (unpaired) electrons. The highest BCUT2D eigenvalue weighted by atomic mass is 16.6. The van der Waals surface area contributed by atoms with Gasteiger partial charge in [-0.25, -0.2) is 0 Å². The van der Waals surface area contributed by atoms with Gasteiger partial charge in [-0.2, -0.15) is 0 Å². The molecule has 1 heterocycles. The number of nitro benzene ring substituents is 1. The first kappa shape index (κ1) is 16.5. The molecule has 0 fully saturated rings. The summed E-state index contributed by atoms with van der Waals surface area (Å²) >= 11 is 0. The van der Waals surface area contributed by atoms with Gasteiger partial charge in [0, 0.05) is 18.7 Å². The molecule has 0 saturated heterocycles. The molecule has 1 aliphatic rings. The van der Waals surface area contributed by atoms with Gasteiger partial charge in [-0.15, -0.1) is 0 Å². The quantitative estimate of drug-likeness (QED) is 0.522. The summed E-state index contributed by atoms with van der Waals surface area (Å²) in [7, 11) is 3.14. The summed E-state index contributed by atoms with van der Waals surface area (Å²) in [5.41, 5.74) is 1.76. The Labute approximate surface area is 144 Å². The molecule has 0 atom stereocenters. The van der Waals surface area contributed by atoms with Crippen molar-refractivity contribution in [2.45, 2.75) is 0 Å². The molecule has 0 spiro atoms. The first-order valence-corrected chi connectivity index (χ1v) is 7.56. The molecule has 25 heavy (non-hydrogen) atoms. The van der Waals surface area contributed by atoms with Gasteiger partial charge in [-0.05, 0) is 35.9 Å². The minimum absolute atomic E-state index is 0.0527. The van der Waals surface area contributed by atoms with Crippen molar-refractivity contribution in [1.82, 2.24) is 0 Å². The van der Waals surface area contributed by atoms with E-state index >= 15 is 0 Å². The van der Waals surface area contributed by atoms with Gasteiger partial charge < -0.3 is 14.8 Å². The van der Waals surface area contributed by atoms with Crippen LogP contribution < -0.4 is 14.8 Å². The highest BCUT2D eigenvalue weighted by Gasteiger charge is 2.24. The van der Waals surface area contributed by atoms with Crippen molar-refractivity contribution in [2.75, 3.05) is 26.1 Å². The van der Waals surface area contributed by atoms with Gasteiger partial charge in [0.25, 0.3) is 5.69 Å². The molecular formula is C18H16N2O5. The second kappa shape index (κ2) is 6.64. The Morgan fingerprint density at radius 3 is 2.76 bits per heavy atom. The normalized spacial score (nSPS) is 14.6. The van der Waals surface area contributed by atoms with Gasteiger partial charge in [-0.1, -0.05) is 6.07 Å². The number of hydrogen-bond acceptors (Lipinski definition) is 6. The Bertz CT molecular complexity index is 889. The van der Waals surface area contributed by atoms with E-state index in [1.807, 2.05) is 0 Å². The number of carbonyl (C=O) groups is 1. The maximum Gasteiger partial charge on any atom is 0.292 e. The minimum Gasteiger partial charge on any atom is -0.497 e. The van der Waals surface area contributed by atoms with Crippen LogP contribution >= 0.6 is 0 Å². The molecule has 0 aliphatic carbocycles. The summed E-state index contributed by atoms with van der Waals surface area (Å²) in [6.45, 7) is 0.111. The van der Waals surface area contributed by atoms with E-state index in [1.165, 1.54) is 13.2 Å². The molecular weight excluding hydrogens is 324 g/mol. The van der Waals surface area contributed by atoms with Crippen LogP contribution in [0.1, 0.15) is 15.9 Å². The van der Waals surface area contributed by atoms with Gasteiger partial charge in [0.2, 0.25) is 0 Å². The first-order valence-electron chi connectivity index (χ1n) is 7.56. The van der Waals surface area contributed by atoms with Crippen LogP contribution in [0.4, 0.5) is 11.4 Å². The van der Waals surface area contributed by atoms with Crippen molar-refractivity contribution in [3.8, 4) is 11.5 Å². The fraction of sp³-hybridized carbons (Fsp3) is 0.167. The van der Waals surface area contributed by atoms with E-state index in [2.05, 4.69) is 5.32 Å². The van der Waals surface area contributed by atoms with Crippen LogP contribution in [0.2, 0.25) is 0 Å². The number of hydrogen-bond donors (Lipinski definition) is 1. The zero-order valence-electron chi connectivity index (χ0n) is 13.7. The standard InChI is InChI=1S/C18H16N2O5/c1-19-15-5-3-11(8-16(15)20(22)23)7-12-10-25-17-6-4-13(24-2)9-14(17)18(12)21/h3-9,19H,10H2,1-2H3. The number of nitrogens with zero attached hydrogens (tertiary/aromatic N) is 1. The molecule has 0 bridgehead atoms. The number of methoxy groups -OCH3 is 1. The maximum absolute atomic E-state index is 12.7. The number of ether oxygens (including phenoxy) is 2. The number of rotatable bonds is 4. The Morgan fingerprint density at radius 2 is 2.08 bits per heavy atom. The lowest BCUT2D eigenvalue weighted by atomic mass is 9.98. The topological polar surface area (TPSA) is 90.7 Å². The Balaban J connectivity index is 1.98. The molecule has 3 rings (SSSR count). The predicted molar refractivity (Wildman–Crippen MR) is 93.4 cm³/mol. The van der Waals surface area contributed by atoms with E-state index in [1.54, 1.807) is 43.5 Å². The smallest absolute Gasteiger partial charge is 0.292 e. The number of fused-ring (bicyclic) bond motifs is 1. The van der Waals surface area contributed by atoms with E-state index in [9.17, 15) is 14.9 Å². The number of carbonyl (C=O) groups excluding carboxylic acids is 1. The minimum atomic E-state index is -0.465. The molecule has 1 N–H and O–H groups in total. The van der Waals surface area contributed by atoms with Crippen LogP contribution in [-0.2, 0) is 0 Å². The molecule has 128 valence electrons. The third-order valence-corrected chi connectivity index (χ3v) is 3.93. The van der Waals surface area contributed by atoms with Crippen LogP contribution in [0.5, 0.6) is 11.5 Å². The Kier molecular flexibility index (Phi) is 4.38. The zero-order chi connectivity index (χ0) is 18.0. The Hall–Kier alpha value is -3.35. The van der Waals surface area contributed by atoms with Gasteiger partial charge in [-0.3, -0.25) is 14.9 Å². The van der Waals surface area contributed by atoms with Crippen molar-refractivity contribution in [2.24, 2.45) is 0 Å². The van der Waals surface area contributed by atoms with Crippen molar-refractivity contribution in [3.63, 3.8) is 0 Å². The number of nitro groups is 1. The van der Waals surface area contributed by atoms with Crippen LogP contribution in [0, 0.1) is 10.1 Å². The van der Waals surface area contributed by atoms with Crippen molar-refractivity contribution in [1.29, 1.82) is 0 Å². The van der Waals surface area contributed by atoms with Crippen LogP contribution in [0.15, 0.2) is 42.0 Å². The molecule has 0 saturated carbocycles.